The van der Waals surface area contributed by atoms with Crippen LogP contribution in [-0.4, -0.2) is 38.8 Å². The zero-order valence-corrected chi connectivity index (χ0v) is 16.8. The van der Waals surface area contributed by atoms with Crippen molar-refractivity contribution in [3.63, 3.8) is 0 Å². The normalized spacial score (nSPS) is 14.2. The molecule has 0 aliphatic carbocycles. The number of aromatic nitrogens is 3. The van der Waals surface area contributed by atoms with Crippen LogP contribution in [0.5, 0.6) is 0 Å². The molecule has 0 atom stereocenters. The van der Waals surface area contributed by atoms with Gasteiger partial charge in [-0.25, -0.2) is 15.0 Å². The molecule has 3 aromatic rings. The summed E-state index contributed by atoms with van der Waals surface area (Å²) in [5.74, 6) is -0.206. The number of nitrogens with one attached hydrogen (secondary N) is 1. The zero-order chi connectivity index (χ0) is 21.3. The van der Waals surface area contributed by atoms with E-state index in [1.54, 1.807) is 23.2 Å². The van der Waals surface area contributed by atoms with Gasteiger partial charge in [0.05, 0.1) is 4.88 Å². The predicted molar refractivity (Wildman–Crippen MR) is 108 cm³/mol. The average molecular weight is 433 g/mol. The molecule has 30 heavy (non-hydrogen) atoms. The van der Waals surface area contributed by atoms with Crippen LogP contribution in [0, 0.1) is 6.92 Å². The quantitative estimate of drug-likeness (QED) is 0.633. The second kappa shape index (κ2) is 8.02. The number of nitrogens with zero attached hydrogens (tertiary/aromatic N) is 4. The van der Waals surface area contributed by atoms with Crippen LogP contribution < -0.4 is 5.32 Å². The Morgan fingerprint density at radius 1 is 1.17 bits per heavy atom. The van der Waals surface area contributed by atoms with Gasteiger partial charge in [-0.15, -0.1) is 11.3 Å². The van der Waals surface area contributed by atoms with Gasteiger partial charge in [-0.05, 0) is 49.1 Å². The summed E-state index contributed by atoms with van der Waals surface area (Å²) in [5.41, 5.74) is 1.23. The van der Waals surface area contributed by atoms with Crippen molar-refractivity contribution in [3.8, 4) is 10.4 Å². The van der Waals surface area contributed by atoms with E-state index in [1.165, 1.54) is 11.3 Å². The molecule has 0 saturated carbocycles. The van der Waals surface area contributed by atoms with E-state index in [9.17, 15) is 18.0 Å². The molecule has 1 saturated heterocycles. The van der Waals surface area contributed by atoms with E-state index in [4.69, 9.17) is 0 Å². The number of amides is 1. The van der Waals surface area contributed by atoms with E-state index < -0.39 is 11.9 Å². The topological polar surface area (TPSA) is 71.0 Å². The van der Waals surface area contributed by atoms with Crippen molar-refractivity contribution in [2.24, 2.45) is 0 Å². The standard InChI is InChI=1S/C20H18F3N5OS/c1-12-8-13(15-11-25-17(30-15)18(29)28-6-2-3-7-28)10-14(9-12)26-19-24-5-4-16(27-19)20(21,22)23/h4-5,8-11H,2-3,6-7H2,1H3,(H,24,26,27). The van der Waals surface area contributed by atoms with Crippen molar-refractivity contribution in [1.82, 2.24) is 19.9 Å². The lowest BCUT2D eigenvalue weighted by molar-refractivity contribution is -0.141. The fourth-order valence-corrected chi connectivity index (χ4v) is 4.14. The smallest absolute Gasteiger partial charge is 0.337 e. The molecule has 3 heterocycles. The minimum atomic E-state index is -4.54. The second-order valence-corrected chi connectivity index (χ2v) is 8.04. The number of benzene rings is 1. The highest BCUT2D eigenvalue weighted by Gasteiger charge is 2.32. The summed E-state index contributed by atoms with van der Waals surface area (Å²) in [6.07, 6.45) is 0.183. The van der Waals surface area contributed by atoms with Gasteiger partial charge < -0.3 is 10.2 Å². The van der Waals surface area contributed by atoms with Crippen LogP contribution in [-0.2, 0) is 6.18 Å². The fourth-order valence-electron chi connectivity index (χ4n) is 3.27. The number of hydrogen-bond acceptors (Lipinski definition) is 6. The molecule has 2 aromatic heterocycles. The molecule has 0 radical (unpaired) electrons. The highest BCUT2D eigenvalue weighted by molar-refractivity contribution is 7.16. The summed E-state index contributed by atoms with van der Waals surface area (Å²) in [7, 11) is 0. The fraction of sp³-hybridized carbons (Fsp3) is 0.300. The molecule has 0 unspecified atom stereocenters. The third-order valence-electron chi connectivity index (χ3n) is 4.65. The van der Waals surface area contributed by atoms with Crippen LogP contribution in [0.2, 0.25) is 0 Å². The maximum Gasteiger partial charge on any atom is 0.433 e. The van der Waals surface area contributed by atoms with Crippen molar-refractivity contribution >= 4 is 28.9 Å². The minimum absolute atomic E-state index is 0.0629. The summed E-state index contributed by atoms with van der Waals surface area (Å²) in [4.78, 5) is 26.8. The molecule has 0 bridgehead atoms. The van der Waals surface area contributed by atoms with Gasteiger partial charge in [0.2, 0.25) is 5.95 Å². The van der Waals surface area contributed by atoms with Crippen LogP contribution in [0.15, 0.2) is 36.7 Å². The molecule has 4 rings (SSSR count). The molecule has 1 aliphatic heterocycles. The number of hydrogen-bond donors (Lipinski definition) is 1. The van der Waals surface area contributed by atoms with Gasteiger partial charge in [0.15, 0.2) is 5.01 Å². The summed E-state index contributed by atoms with van der Waals surface area (Å²) >= 11 is 1.30. The Morgan fingerprint density at radius 3 is 2.67 bits per heavy atom. The molecule has 10 heteroatoms. The Balaban J connectivity index is 1.58. The maximum atomic E-state index is 12.9. The molecular weight excluding hydrogens is 415 g/mol. The lowest BCUT2D eigenvalue weighted by atomic mass is 10.1. The number of anilines is 2. The third-order valence-corrected chi connectivity index (χ3v) is 5.68. The Morgan fingerprint density at radius 2 is 1.93 bits per heavy atom. The number of rotatable bonds is 4. The first kappa shape index (κ1) is 20.3. The van der Waals surface area contributed by atoms with Crippen molar-refractivity contribution in [2.45, 2.75) is 25.9 Å². The van der Waals surface area contributed by atoms with Gasteiger partial charge in [0.1, 0.15) is 5.69 Å². The van der Waals surface area contributed by atoms with Crippen LogP contribution >= 0.6 is 11.3 Å². The molecule has 6 nitrogen and oxygen atoms in total. The van der Waals surface area contributed by atoms with E-state index in [0.29, 0.717) is 10.7 Å². The van der Waals surface area contributed by atoms with Crippen LogP contribution in [0.25, 0.3) is 10.4 Å². The number of carbonyl (C=O) groups is 1. The number of halogens is 3. The van der Waals surface area contributed by atoms with Gasteiger partial charge in [0, 0.05) is 31.2 Å². The van der Waals surface area contributed by atoms with E-state index in [1.807, 2.05) is 13.0 Å². The number of thiazole rings is 1. The van der Waals surface area contributed by atoms with Gasteiger partial charge in [-0.1, -0.05) is 6.07 Å². The summed E-state index contributed by atoms with van der Waals surface area (Å²) in [5, 5.41) is 3.26. The Bertz CT molecular complexity index is 1080. The predicted octanol–water partition coefficient (Wildman–Crippen LogP) is 4.91. The SMILES string of the molecule is Cc1cc(Nc2nccc(C(F)(F)F)n2)cc(-c2cnc(C(=O)N3CCCC3)s2)c1. The molecule has 1 N–H and O–H groups in total. The number of likely N-dealkylation sites (tertiary alicyclic amines) is 1. The molecule has 1 aliphatic rings. The maximum absolute atomic E-state index is 12.9. The Kier molecular flexibility index (Phi) is 5.42. The van der Waals surface area contributed by atoms with Crippen molar-refractivity contribution in [1.29, 1.82) is 0 Å². The van der Waals surface area contributed by atoms with Crippen LogP contribution in [0.1, 0.15) is 33.9 Å². The van der Waals surface area contributed by atoms with Gasteiger partial charge in [0.25, 0.3) is 5.91 Å². The van der Waals surface area contributed by atoms with Gasteiger partial charge in [-0.2, -0.15) is 13.2 Å². The highest BCUT2D eigenvalue weighted by Crippen LogP contribution is 2.32. The summed E-state index contributed by atoms with van der Waals surface area (Å²) in [6.45, 7) is 3.38. The zero-order valence-electron chi connectivity index (χ0n) is 16.0. The third kappa shape index (κ3) is 4.43. The van der Waals surface area contributed by atoms with E-state index >= 15 is 0 Å². The molecule has 1 amide bonds. The lowest BCUT2D eigenvalue weighted by Gasteiger charge is -2.12. The average Bonchev–Trinajstić information content (AvgIpc) is 3.39. The van der Waals surface area contributed by atoms with E-state index in [2.05, 4.69) is 20.3 Å². The van der Waals surface area contributed by atoms with Crippen molar-refractivity contribution in [3.05, 3.63) is 52.9 Å². The van der Waals surface area contributed by atoms with Crippen molar-refractivity contribution < 1.29 is 18.0 Å². The number of alkyl halides is 3. The first-order valence-corrected chi connectivity index (χ1v) is 10.2. The molecule has 1 fully saturated rings. The Labute approximate surface area is 174 Å². The monoisotopic (exact) mass is 433 g/mol. The van der Waals surface area contributed by atoms with Crippen LogP contribution in [0.4, 0.5) is 24.8 Å². The minimum Gasteiger partial charge on any atom is -0.337 e. The number of aryl methyl sites for hydroxylation is 1. The largest absolute Gasteiger partial charge is 0.433 e. The second-order valence-electron chi connectivity index (χ2n) is 7.00. The lowest BCUT2D eigenvalue weighted by Crippen LogP contribution is -2.27. The summed E-state index contributed by atoms with van der Waals surface area (Å²) < 4.78 is 38.6. The Hall–Kier alpha value is -3.01. The van der Waals surface area contributed by atoms with Gasteiger partial charge in [-0.3, -0.25) is 4.79 Å². The highest BCUT2D eigenvalue weighted by atomic mass is 32.1. The molecule has 0 spiro atoms. The summed E-state index contributed by atoms with van der Waals surface area (Å²) in [6, 6.07) is 6.30. The van der Waals surface area contributed by atoms with Gasteiger partial charge >= 0.3 is 6.18 Å². The number of carbonyl (C=O) groups excluding carboxylic acids is 1. The first-order valence-electron chi connectivity index (χ1n) is 9.34. The van der Waals surface area contributed by atoms with E-state index in [-0.39, 0.29) is 11.9 Å². The van der Waals surface area contributed by atoms with E-state index in [0.717, 1.165) is 54.2 Å². The molecular formula is C20H18F3N5OS. The molecule has 1 aromatic carbocycles. The van der Waals surface area contributed by atoms with Crippen LogP contribution in [0.3, 0.4) is 0 Å². The van der Waals surface area contributed by atoms with Crippen molar-refractivity contribution in [2.75, 3.05) is 18.4 Å². The first-order chi connectivity index (χ1) is 14.3. The molecule has 156 valence electrons.